The first-order valence-electron chi connectivity index (χ1n) is 14.1. The molecular formula is C30H24Cl2FN5O8. The lowest BCUT2D eigenvalue weighted by Gasteiger charge is -2.38. The summed E-state index contributed by atoms with van der Waals surface area (Å²) >= 11 is 12.3. The van der Waals surface area contributed by atoms with Crippen molar-refractivity contribution < 1.29 is 33.4 Å². The van der Waals surface area contributed by atoms with E-state index in [4.69, 9.17) is 23.2 Å². The third-order valence-corrected chi connectivity index (χ3v) is 9.44. The summed E-state index contributed by atoms with van der Waals surface area (Å²) in [7, 11) is 1.09. The van der Waals surface area contributed by atoms with Gasteiger partial charge in [-0.3, -0.25) is 34.7 Å². The van der Waals surface area contributed by atoms with Crippen molar-refractivity contribution in [1.29, 1.82) is 0 Å². The van der Waals surface area contributed by atoms with Gasteiger partial charge in [-0.15, -0.1) is 0 Å². The van der Waals surface area contributed by atoms with Crippen LogP contribution in [0.2, 0.25) is 10.2 Å². The van der Waals surface area contributed by atoms with E-state index in [0.717, 1.165) is 32.1 Å². The van der Waals surface area contributed by atoms with Crippen LogP contribution < -0.4 is 5.32 Å². The van der Waals surface area contributed by atoms with Gasteiger partial charge in [-0.2, -0.15) is 0 Å². The predicted molar refractivity (Wildman–Crippen MR) is 161 cm³/mol. The van der Waals surface area contributed by atoms with Crippen LogP contribution >= 0.6 is 23.2 Å². The maximum Gasteiger partial charge on any atom is 0.338 e. The summed E-state index contributed by atoms with van der Waals surface area (Å²) in [5.74, 6) is -4.95. The van der Waals surface area contributed by atoms with Gasteiger partial charge >= 0.3 is 5.97 Å². The number of hydrogen-bond donors (Lipinski definition) is 1. The van der Waals surface area contributed by atoms with Gasteiger partial charge < -0.3 is 10.1 Å². The van der Waals surface area contributed by atoms with Crippen molar-refractivity contribution in [2.45, 2.75) is 42.8 Å². The van der Waals surface area contributed by atoms with Gasteiger partial charge in [-0.1, -0.05) is 29.3 Å². The lowest BCUT2D eigenvalue weighted by molar-refractivity contribution is -0.528. The van der Waals surface area contributed by atoms with Crippen molar-refractivity contribution in [3.63, 3.8) is 0 Å². The number of fused-ring (bicyclic) bond motifs is 2. The molecule has 1 saturated carbocycles. The highest BCUT2D eigenvalue weighted by atomic mass is 35.5. The number of amides is 1. The number of nitro benzene ring substituents is 1. The number of aromatic nitrogens is 1. The van der Waals surface area contributed by atoms with Gasteiger partial charge in [0.2, 0.25) is 6.04 Å². The van der Waals surface area contributed by atoms with Gasteiger partial charge in [0.05, 0.1) is 35.1 Å². The molecule has 46 heavy (non-hydrogen) atoms. The van der Waals surface area contributed by atoms with Gasteiger partial charge in [-0.25, -0.2) is 14.2 Å². The number of anilines is 1. The molecule has 2 aromatic carbocycles. The van der Waals surface area contributed by atoms with Crippen molar-refractivity contribution >= 4 is 52.2 Å². The zero-order valence-corrected chi connectivity index (χ0v) is 25.5. The SMILES string of the molecule is COC(=O)c1ccc(C(=O)C[C@H]2C([N+](=O)[O-])[C@H](c3ccnc(Cl)c3F)[C@]3(C(=O)Nc4cc(Cl)ccc43)N2CC2CC2)c([N+](=O)[O-])c1. The number of nitrogens with zero attached hydrogens (tertiary/aromatic N) is 4. The highest BCUT2D eigenvalue weighted by molar-refractivity contribution is 6.31. The second-order valence-electron chi connectivity index (χ2n) is 11.4. The van der Waals surface area contributed by atoms with E-state index in [0.29, 0.717) is 5.56 Å². The van der Waals surface area contributed by atoms with Gasteiger partial charge in [0, 0.05) is 52.0 Å². The van der Waals surface area contributed by atoms with Gasteiger partial charge in [-0.05, 0) is 49.1 Å². The molecule has 1 amide bonds. The molecule has 1 aliphatic carbocycles. The summed E-state index contributed by atoms with van der Waals surface area (Å²) in [6.45, 7) is 0.137. The quantitative estimate of drug-likeness (QED) is 0.105. The first kappa shape index (κ1) is 31.5. The molecule has 1 N–H and O–H groups in total. The molecule has 3 aromatic rings. The monoisotopic (exact) mass is 671 g/mol. The molecule has 2 aliphatic heterocycles. The first-order valence-corrected chi connectivity index (χ1v) is 14.9. The van der Waals surface area contributed by atoms with Crippen LogP contribution in [0, 0.1) is 32.0 Å². The number of pyridine rings is 1. The minimum atomic E-state index is -1.89. The molecule has 4 atom stereocenters. The molecule has 0 radical (unpaired) electrons. The average molecular weight is 672 g/mol. The van der Waals surface area contributed by atoms with E-state index in [-0.39, 0.29) is 34.3 Å². The van der Waals surface area contributed by atoms with Gasteiger partial charge in [0.25, 0.3) is 11.6 Å². The van der Waals surface area contributed by atoms with Crippen LogP contribution in [0.25, 0.3) is 0 Å². The first-order chi connectivity index (χ1) is 21.9. The molecule has 3 heterocycles. The Morgan fingerprint density at radius 2 is 1.89 bits per heavy atom. The highest BCUT2D eigenvalue weighted by Gasteiger charge is 2.72. The van der Waals surface area contributed by atoms with Crippen LogP contribution in [0.15, 0.2) is 48.7 Å². The van der Waals surface area contributed by atoms with E-state index in [9.17, 15) is 34.6 Å². The molecule has 2 fully saturated rings. The minimum Gasteiger partial charge on any atom is -0.465 e. The highest BCUT2D eigenvalue weighted by Crippen LogP contribution is 2.59. The normalized spacial score (nSPS) is 23.7. The van der Waals surface area contributed by atoms with E-state index in [1.807, 2.05) is 0 Å². The number of nitro groups is 2. The number of Topliss-reactive ketones (excluding diaryl/α,β-unsaturated/α-hetero) is 1. The fraction of sp³-hybridized carbons (Fsp3) is 0.333. The number of carbonyl (C=O) groups is 3. The number of likely N-dealkylation sites (tertiary alicyclic amines) is 1. The number of benzene rings is 2. The fourth-order valence-electron chi connectivity index (χ4n) is 6.88. The van der Waals surface area contributed by atoms with Crippen LogP contribution in [-0.4, -0.2) is 63.1 Å². The summed E-state index contributed by atoms with van der Waals surface area (Å²) in [4.78, 5) is 69.2. The van der Waals surface area contributed by atoms with Gasteiger partial charge in [0.15, 0.2) is 16.8 Å². The van der Waals surface area contributed by atoms with E-state index >= 15 is 4.39 Å². The molecule has 3 aliphatic rings. The Morgan fingerprint density at radius 3 is 2.54 bits per heavy atom. The van der Waals surface area contributed by atoms with Crippen molar-refractivity contribution in [3.05, 3.63) is 107 Å². The number of methoxy groups -OCH3 is 1. The van der Waals surface area contributed by atoms with E-state index in [1.165, 1.54) is 30.5 Å². The number of carbonyl (C=O) groups excluding carboxylic acids is 3. The Balaban J connectivity index is 1.56. The molecule has 1 unspecified atom stereocenters. The average Bonchev–Trinajstić information content (AvgIpc) is 3.74. The van der Waals surface area contributed by atoms with E-state index in [1.54, 1.807) is 11.0 Å². The lowest BCUT2D eigenvalue weighted by Crippen LogP contribution is -2.53. The summed E-state index contributed by atoms with van der Waals surface area (Å²) in [6, 6.07) is 5.81. The van der Waals surface area contributed by atoms with Crippen LogP contribution in [0.5, 0.6) is 0 Å². The number of hydrogen-bond acceptors (Lipinski definition) is 10. The van der Waals surface area contributed by atoms with Crippen LogP contribution in [0.3, 0.4) is 0 Å². The molecule has 1 aromatic heterocycles. The summed E-state index contributed by atoms with van der Waals surface area (Å²) in [6.07, 6.45) is 2.04. The number of ketones is 1. The van der Waals surface area contributed by atoms with Gasteiger partial charge in [0.1, 0.15) is 5.54 Å². The third-order valence-electron chi connectivity index (χ3n) is 8.94. The fourth-order valence-corrected chi connectivity index (χ4v) is 7.21. The second kappa shape index (κ2) is 11.7. The van der Waals surface area contributed by atoms with Crippen LogP contribution in [-0.2, 0) is 15.1 Å². The molecule has 16 heteroatoms. The summed E-state index contributed by atoms with van der Waals surface area (Å²) < 4.78 is 20.5. The maximum absolute atomic E-state index is 15.9. The summed E-state index contributed by atoms with van der Waals surface area (Å²) in [5, 5.41) is 27.6. The number of ether oxygens (including phenoxy) is 1. The van der Waals surface area contributed by atoms with Crippen LogP contribution in [0.4, 0.5) is 15.8 Å². The Labute approximate surface area is 269 Å². The lowest BCUT2D eigenvalue weighted by atomic mass is 9.73. The number of rotatable bonds is 9. The molecule has 0 bridgehead atoms. The van der Waals surface area contributed by atoms with E-state index in [2.05, 4.69) is 15.0 Å². The topological polar surface area (TPSA) is 175 Å². The number of esters is 1. The number of halogens is 3. The Morgan fingerprint density at radius 1 is 1.15 bits per heavy atom. The maximum atomic E-state index is 15.9. The predicted octanol–water partition coefficient (Wildman–Crippen LogP) is 5.17. The smallest absolute Gasteiger partial charge is 0.338 e. The standard InChI is InChI=1S/C30H24Cl2FN5O8/c1-46-28(40)15-4-6-17(21(10-15)37(42)43)23(39)12-22-26(38(44)45)24(18-8-9-34-27(32)25(18)33)30(36(22)13-14-2-3-14)19-7-5-16(31)11-20(19)35-29(30)41/h4-11,14,22,24,26H,2-3,12-13H2,1H3,(H,35,41)/t22-,24-,26?,30+/m0/s1. The second-order valence-corrected chi connectivity index (χ2v) is 12.2. The molecule has 1 saturated heterocycles. The molecule has 13 nitrogen and oxygen atoms in total. The molecular weight excluding hydrogens is 648 g/mol. The minimum absolute atomic E-state index is 0.0179. The van der Waals surface area contributed by atoms with Crippen molar-refractivity contribution in [3.8, 4) is 0 Å². The van der Waals surface area contributed by atoms with Crippen molar-refractivity contribution in [2.24, 2.45) is 5.92 Å². The van der Waals surface area contributed by atoms with Crippen LogP contribution in [0.1, 0.15) is 57.0 Å². The largest absolute Gasteiger partial charge is 0.465 e. The zero-order chi connectivity index (χ0) is 33.1. The zero-order valence-electron chi connectivity index (χ0n) is 23.9. The molecule has 1 spiro atoms. The summed E-state index contributed by atoms with van der Waals surface area (Å²) in [5.41, 5.74) is -2.84. The molecule has 6 rings (SSSR count). The Kier molecular flexibility index (Phi) is 7.99. The molecule has 238 valence electrons. The Bertz CT molecular complexity index is 1840. The van der Waals surface area contributed by atoms with Crippen molar-refractivity contribution in [2.75, 3.05) is 19.0 Å². The van der Waals surface area contributed by atoms with Crippen molar-refractivity contribution in [1.82, 2.24) is 9.88 Å². The third kappa shape index (κ3) is 4.96. The van der Waals surface area contributed by atoms with E-state index < -0.39 is 79.7 Å². The number of nitrogens with one attached hydrogen (secondary N) is 1. The Hall–Kier alpha value is -4.53.